The predicted octanol–water partition coefficient (Wildman–Crippen LogP) is 4.25. The molecular weight excluding hydrogens is 284 g/mol. The van der Waals surface area contributed by atoms with Crippen LogP contribution in [0.2, 0.25) is 10.0 Å². The Balaban J connectivity index is 2.05. The van der Waals surface area contributed by atoms with Gasteiger partial charge in [-0.25, -0.2) is 4.39 Å². The molecule has 0 amide bonds. The van der Waals surface area contributed by atoms with Gasteiger partial charge in [0.05, 0.1) is 0 Å². The molecule has 0 spiro atoms. The highest BCUT2D eigenvalue weighted by Crippen LogP contribution is 2.19. The molecule has 0 saturated carbocycles. The number of benzene rings is 2. The average molecular weight is 298 g/mol. The van der Waals surface area contributed by atoms with Crippen LogP contribution < -0.4 is 5.73 Å². The monoisotopic (exact) mass is 297 g/mol. The van der Waals surface area contributed by atoms with Gasteiger partial charge in [0, 0.05) is 16.1 Å². The number of hydrogen-bond acceptors (Lipinski definition) is 1. The molecule has 19 heavy (non-hydrogen) atoms. The maximum absolute atomic E-state index is 13.7. The van der Waals surface area contributed by atoms with E-state index in [0.717, 1.165) is 5.56 Å². The van der Waals surface area contributed by atoms with Crippen molar-refractivity contribution in [2.24, 2.45) is 5.73 Å². The van der Waals surface area contributed by atoms with E-state index < -0.39 is 0 Å². The van der Waals surface area contributed by atoms with Crippen molar-refractivity contribution in [2.75, 3.05) is 0 Å². The van der Waals surface area contributed by atoms with Crippen LogP contribution in [0.1, 0.15) is 11.1 Å². The lowest BCUT2D eigenvalue weighted by atomic mass is 9.99. The van der Waals surface area contributed by atoms with Crippen LogP contribution in [0.3, 0.4) is 0 Å². The van der Waals surface area contributed by atoms with Crippen molar-refractivity contribution in [2.45, 2.75) is 18.9 Å². The first kappa shape index (κ1) is 14.3. The highest BCUT2D eigenvalue weighted by atomic mass is 35.5. The molecule has 0 fully saturated rings. The lowest BCUT2D eigenvalue weighted by Gasteiger charge is -2.13. The molecule has 0 aromatic heterocycles. The summed E-state index contributed by atoms with van der Waals surface area (Å²) in [5, 5.41) is 1.08. The second kappa shape index (κ2) is 6.38. The Bertz CT molecular complexity index is 572. The molecule has 0 aliphatic carbocycles. The molecule has 4 heteroatoms. The van der Waals surface area contributed by atoms with E-state index in [-0.39, 0.29) is 11.9 Å². The molecule has 100 valence electrons. The summed E-state index contributed by atoms with van der Waals surface area (Å²) >= 11 is 11.8. The zero-order valence-electron chi connectivity index (χ0n) is 10.2. The SMILES string of the molecule is NC(Cc1ccc(Cl)cc1F)Cc1ccccc1Cl. The molecular formula is C15H14Cl2FN. The van der Waals surface area contributed by atoms with E-state index in [1.54, 1.807) is 12.1 Å². The van der Waals surface area contributed by atoms with Gasteiger partial charge < -0.3 is 5.73 Å². The quantitative estimate of drug-likeness (QED) is 0.897. The van der Waals surface area contributed by atoms with Gasteiger partial charge in [-0.15, -0.1) is 0 Å². The van der Waals surface area contributed by atoms with Gasteiger partial charge in [-0.1, -0.05) is 47.5 Å². The van der Waals surface area contributed by atoms with Gasteiger partial charge in [0.1, 0.15) is 5.82 Å². The van der Waals surface area contributed by atoms with Gasteiger partial charge in [0.2, 0.25) is 0 Å². The van der Waals surface area contributed by atoms with Crippen LogP contribution in [0.15, 0.2) is 42.5 Å². The van der Waals surface area contributed by atoms with Crippen molar-refractivity contribution < 1.29 is 4.39 Å². The van der Waals surface area contributed by atoms with Gasteiger partial charge in [0.15, 0.2) is 0 Å². The van der Waals surface area contributed by atoms with E-state index in [2.05, 4.69) is 0 Å². The molecule has 0 bridgehead atoms. The molecule has 2 N–H and O–H groups in total. The summed E-state index contributed by atoms with van der Waals surface area (Å²) in [5.74, 6) is -0.317. The molecule has 0 heterocycles. The molecule has 0 saturated heterocycles. The smallest absolute Gasteiger partial charge is 0.127 e. The van der Waals surface area contributed by atoms with Gasteiger partial charge in [-0.05, 0) is 42.2 Å². The lowest BCUT2D eigenvalue weighted by Crippen LogP contribution is -2.26. The largest absolute Gasteiger partial charge is 0.327 e. The van der Waals surface area contributed by atoms with E-state index in [1.165, 1.54) is 6.07 Å². The van der Waals surface area contributed by atoms with Crippen LogP contribution >= 0.6 is 23.2 Å². The summed E-state index contributed by atoms with van der Waals surface area (Å²) < 4.78 is 13.7. The maximum atomic E-state index is 13.7. The molecule has 0 aliphatic rings. The van der Waals surface area contributed by atoms with Crippen molar-refractivity contribution in [3.63, 3.8) is 0 Å². The van der Waals surface area contributed by atoms with Crippen LogP contribution in [-0.2, 0) is 12.8 Å². The summed E-state index contributed by atoms with van der Waals surface area (Å²) in [7, 11) is 0. The van der Waals surface area contributed by atoms with E-state index >= 15 is 0 Å². The van der Waals surface area contributed by atoms with E-state index in [4.69, 9.17) is 28.9 Å². The Hall–Kier alpha value is -1.09. The first-order valence-corrected chi connectivity index (χ1v) is 6.75. The summed E-state index contributed by atoms with van der Waals surface area (Å²) in [5.41, 5.74) is 7.61. The van der Waals surface area contributed by atoms with Crippen molar-refractivity contribution in [1.29, 1.82) is 0 Å². The predicted molar refractivity (Wildman–Crippen MR) is 78.2 cm³/mol. The minimum atomic E-state index is -0.317. The van der Waals surface area contributed by atoms with Crippen LogP contribution in [0, 0.1) is 5.82 Å². The lowest BCUT2D eigenvalue weighted by molar-refractivity contribution is 0.584. The van der Waals surface area contributed by atoms with Crippen molar-refractivity contribution in [3.8, 4) is 0 Å². The first-order chi connectivity index (χ1) is 9.06. The standard InChI is InChI=1S/C15H14Cl2FN/c16-12-6-5-11(15(18)9-12)8-13(19)7-10-3-1-2-4-14(10)17/h1-6,9,13H,7-8,19H2. The fraction of sp³-hybridized carbons (Fsp3) is 0.200. The maximum Gasteiger partial charge on any atom is 0.127 e. The molecule has 2 aromatic rings. The normalized spacial score (nSPS) is 12.4. The molecule has 1 atom stereocenters. The highest BCUT2D eigenvalue weighted by Gasteiger charge is 2.11. The molecule has 1 unspecified atom stereocenters. The van der Waals surface area contributed by atoms with E-state index in [0.29, 0.717) is 28.5 Å². The Labute approximate surface area is 122 Å². The third-order valence-corrected chi connectivity index (χ3v) is 3.54. The molecule has 0 aliphatic heterocycles. The zero-order chi connectivity index (χ0) is 13.8. The van der Waals surface area contributed by atoms with Crippen molar-refractivity contribution in [3.05, 3.63) is 69.5 Å². The van der Waals surface area contributed by atoms with E-state index in [9.17, 15) is 4.39 Å². The average Bonchev–Trinajstić information content (AvgIpc) is 2.36. The van der Waals surface area contributed by atoms with Crippen LogP contribution in [0.4, 0.5) is 4.39 Å². The second-order valence-corrected chi connectivity index (χ2v) is 5.34. The van der Waals surface area contributed by atoms with Crippen molar-refractivity contribution >= 4 is 23.2 Å². The van der Waals surface area contributed by atoms with Crippen LogP contribution in [0.5, 0.6) is 0 Å². The summed E-state index contributed by atoms with van der Waals surface area (Å²) in [6, 6.07) is 12.0. The Morgan fingerprint density at radius 1 is 1.00 bits per heavy atom. The van der Waals surface area contributed by atoms with Crippen molar-refractivity contribution in [1.82, 2.24) is 0 Å². The fourth-order valence-electron chi connectivity index (χ4n) is 1.99. The molecule has 0 radical (unpaired) electrons. The van der Waals surface area contributed by atoms with E-state index in [1.807, 2.05) is 24.3 Å². The third kappa shape index (κ3) is 3.93. The number of hydrogen-bond donors (Lipinski definition) is 1. The summed E-state index contributed by atoms with van der Waals surface area (Å²) in [4.78, 5) is 0. The molecule has 2 aromatic carbocycles. The highest BCUT2D eigenvalue weighted by molar-refractivity contribution is 6.31. The minimum Gasteiger partial charge on any atom is -0.327 e. The van der Waals surface area contributed by atoms with Gasteiger partial charge in [-0.2, -0.15) is 0 Å². The topological polar surface area (TPSA) is 26.0 Å². The van der Waals surface area contributed by atoms with Crippen LogP contribution in [0.25, 0.3) is 0 Å². The number of halogens is 3. The van der Waals surface area contributed by atoms with Gasteiger partial charge in [-0.3, -0.25) is 0 Å². The molecule has 1 nitrogen and oxygen atoms in total. The fourth-order valence-corrected chi connectivity index (χ4v) is 2.36. The first-order valence-electron chi connectivity index (χ1n) is 5.99. The molecule has 2 rings (SSSR count). The minimum absolute atomic E-state index is 0.185. The Morgan fingerprint density at radius 3 is 2.37 bits per heavy atom. The zero-order valence-corrected chi connectivity index (χ0v) is 11.8. The van der Waals surface area contributed by atoms with Crippen LogP contribution in [-0.4, -0.2) is 6.04 Å². The Morgan fingerprint density at radius 2 is 1.68 bits per heavy atom. The third-order valence-electron chi connectivity index (χ3n) is 2.94. The van der Waals surface area contributed by atoms with Gasteiger partial charge in [0.25, 0.3) is 0 Å². The number of rotatable bonds is 4. The summed E-state index contributed by atoms with van der Waals surface area (Å²) in [6.07, 6.45) is 1.07. The van der Waals surface area contributed by atoms with Gasteiger partial charge >= 0.3 is 0 Å². The Kier molecular flexibility index (Phi) is 4.81. The second-order valence-electron chi connectivity index (χ2n) is 4.50. The number of nitrogens with two attached hydrogens (primary N) is 1. The summed E-state index contributed by atoms with van der Waals surface area (Å²) in [6.45, 7) is 0.